The summed E-state index contributed by atoms with van der Waals surface area (Å²) < 4.78 is 18.6. The molecule has 1 N–H and O–H groups in total. The van der Waals surface area contributed by atoms with E-state index in [1.54, 1.807) is 13.2 Å². The van der Waals surface area contributed by atoms with Gasteiger partial charge in [-0.25, -0.2) is 4.39 Å². The van der Waals surface area contributed by atoms with E-state index in [9.17, 15) is 4.39 Å². The monoisotopic (exact) mass is 293 g/mol. The molecule has 0 amide bonds. The lowest BCUT2D eigenvalue weighted by atomic mass is 10.1. The van der Waals surface area contributed by atoms with E-state index in [0.717, 1.165) is 16.9 Å². The van der Waals surface area contributed by atoms with E-state index in [0.29, 0.717) is 6.54 Å². The highest BCUT2D eigenvalue weighted by molar-refractivity contribution is 6.31. The number of hydrogen-bond acceptors (Lipinski definition) is 2. The first-order valence-electron chi connectivity index (χ1n) is 6.42. The average molecular weight is 294 g/mol. The predicted octanol–water partition coefficient (Wildman–Crippen LogP) is 4.34. The zero-order valence-corrected chi connectivity index (χ0v) is 12.2. The van der Waals surface area contributed by atoms with Gasteiger partial charge in [-0.05, 0) is 36.2 Å². The van der Waals surface area contributed by atoms with Gasteiger partial charge in [0.25, 0.3) is 0 Å². The maximum Gasteiger partial charge on any atom is 0.142 e. The molecule has 0 heterocycles. The number of hydrogen-bond donors (Lipinski definition) is 1. The molecular formula is C16H17ClFNO. The topological polar surface area (TPSA) is 21.3 Å². The molecule has 0 aliphatic heterocycles. The van der Waals surface area contributed by atoms with Gasteiger partial charge < -0.3 is 10.1 Å². The van der Waals surface area contributed by atoms with Crippen molar-refractivity contribution in [2.24, 2.45) is 0 Å². The highest BCUT2D eigenvalue weighted by Gasteiger charge is 2.09. The first-order valence-corrected chi connectivity index (χ1v) is 6.80. The number of nitrogens with one attached hydrogen (secondary N) is 1. The molecule has 2 rings (SSSR count). The van der Waals surface area contributed by atoms with Crippen molar-refractivity contribution in [2.75, 3.05) is 7.11 Å². The van der Waals surface area contributed by atoms with E-state index in [-0.39, 0.29) is 16.9 Å². The Hall–Kier alpha value is -1.58. The average Bonchev–Trinajstić information content (AvgIpc) is 2.48. The van der Waals surface area contributed by atoms with Crippen LogP contribution < -0.4 is 10.1 Å². The summed E-state index contributed by atoms with van der Waals surface area (Å²) in [5, 5.41) is 3.51. The van der Waals surface area contributed by atoms with Crippen LogP contribution in [0, 0.1) is 5.82 Å². The van der Waals surface area contributed by atoms with Gasteiger partial charge in [-0.15, -0.1) is 0 Å². The van der Waals surface area contributed by atoms with Gasteiger partial charge >= 0.3 is 0 Å². The smallest absolute Gasteiger partial charge is 0.142 e. The lowest BCUT2D eigenvalue weighted by molar-refractivity contribution is 0.413. The third-order valence-electron chi connectivity index (χ3n) is 3.22. The maximum atomic E-state index is 13.3. The minimum absolute atomic E-state index is 0.115. The minimum Gasteiger partial charge on any atom is -0.497 e. The highest BCUT2D eigenvalue weighted by Crippen LogP contribution is 2.22. The normalized spacial score (nSPS) is 12.2. The number of methoxy groups -OCH3 is 1. The first-order chi connectivity index (χ1) is 9.61. The Balaban J connectivity index is 2.04. The van der Waals surface area contributed by atoms with Gasteiger partial charge in [-0.2, -0.15) is 0 Å². The van der Waals surface area contributed by atoms with Crippen LogP contribution in [0.5, 0.6) is 5.75 Å². The molecular weight excluding hydrogens is 277 g/mol. The Morgan fingerprint density at radius 3 is 2.75 bits per heavy atom. The van der Waals surface area contributed by atoms with Gasteiger partial charge in [0.1, 0.15) is 11.6 Å². The Morgan fingerprint density at radius 1 is 1.25 bits per heavy atom. The molecule has 2 aromatic rings. The van der Waals surface area contributed by atoms with Crippen LogP contribution in [-0.4, -0.2) is 7.11 Å². The van der Waals surface area contributed by atoms with E-state index >= 15 is 0 Å². The van der Waals surface area contributed by atoms with Crippen molar-refractivity contribution in [3.63, 3.8) is 0 Å². The molecule has 0 saturated carbocycles. The van der Waals surface area contributed by atoms with Crippen LogP contribution in [0.25, 0.3) is 0 Å². The largest absolute Gasteiger partial charge is 0.497 e. The second kappa shape index (κ2) is 6.73. The molecule has 0 fully saturated rings. The summed E-state index contributed by atoms with van der Waals surface area (Å²) in [7, 11) is 1.64. The summed E-state index contributed by atoms with van der Waals surface area (Å²) in [5.41, 5.74) is 1.86. The Bertz CT molecular complexity index is 588. The molecule has 0 aliphatic carbocycles. The van der Waals surface area contributed by atoms with E-state index < -0.39 is 0 Å². The molecule has 0 spiro atoms. The summed E-state index contributed by atoms with van der Waals surface area (Å²) in [6.45, 7) is 2.55. The quantitative estimate of drug-likeness (QED) is 0.885. The highest BCUT2D eigenvalue weighted by atomic mass is 35.5. The summed E-state index contributed by atoms with van der Waals surface area (Å²) in [4.78, 5) is 0. The van der Waals surface area contributed by atoms with E-state index in [1.807, 2.05) is 37.3 Å². The molecule has 1 atom stereocenters. The molecule has 20 heavy (non-hydrogen) atoms. The lowest BCUT2D eigenvalue weighted by Gasteiger charge is -2.16. The number of benzene rings is 2. The third-order valence-corrected chi connectivity index (χ3v) is 3.65. The van der Waals surface area contributed by atoms with Gasteiger partial charge in [0.2, 0.25) is 0 Å². The van der Waals surface area contributed by atoms with E-state index in [2.05, 4.69) is 5.32 Å². The van der Waals surface area contributed by atoms with Gasteiger partial charge in [0.05, 0.1) is 12.1 Å². The van der Waals surface area contributed by atoms with Gasteiger partial charge in [-0.1, -0.05) is 35.9 Å². The summed E-state index contributed by atoms with van der Waals surface area (Å²) >= 11 is 5.94. The van der Waals surface area contributed by atoms with Crippen LogP contribution >= 0.6 is 11.6 Å². The second-order valence-electron chi connectivity index (χ2n) is 4.59. The van der Waals surface area contributed by atoms with Crippen molar-refractivity contribution in [3.8, 4) is 5.75 Å². The zero-order valence-electron chi connectivity index (χ0n) is 11.5. The molecule has 0 unspecified atom stereocenters. The van der Waals surface area contributed by atoms with Crippen LogP contribution in [0.1, 0.15) is 24.1 Å². The van der Waals surface area contributed by atoms with Crippen molar-refractivity contribution < 1.29 is 9.13 Å². The summed E-state index contributed by atoms with van der Waals surface area (Å²) in [5.74, 6) is 0.430. The Morgan fingerprint density at radius 2 is 2.00 bits per heavy atom. The second-order valence-corrected chi connectivity index (χ2v) is 4.97. The molecule has 0 saturated heterocycles. The number of ether oxygens (including phenoxy) is 1. The summed E-state index contributed by atoms with van der Waals surface area (Å²) in [6, 6.07) is 12.8. The molecule has 4 heteroatoms. The minimum atomic E-state index is -0.389. The van der Waals surface area contributed by atoms with Crippen LogP contribution in [-0.2, 0) is 6.54 Å². The van der Waals surface area contributed by atoms with Crippen molar-refractivity contribution in [2.45, 2.75) is 19.5 Å². The van der Waals surface area contributed by atoms with Gasteiger partial charge in [0, 0.05) is 12.6 Å². The number of halogens is 2. The fourth-order valence-corrected chi connectivity index (χ4v) is 2.17. The lowest BCUT2D eigenvalue weighted by Crippen LogP contribution is -2.18. The Labute approximate surface area is 123 Å². The molecule has 0 radical (unpaired) electrons. The zero-order chi connectivity index (χ0) is 14.5. The molecule has 0 bridgehead atoms. The van der Waals surface area contributed by atoms with Crippen molar-refractivity contribution in [1.29, 1.82) is 0 Å². The molecule has 2 aromatic carbocycles. The first kappa shape index (κ1) is 14.8. The molecule has 0 aromatic heterocycles. The van der Waals surface area contributed by atoms with Gasteiger partial charge in [0.15, 0.2) is 0 Å². The van der Waals surface area contributed by atoms with Crippen molar-refractivity contribution >= 4 is 11.6 Å². The fraction of sp³-hybridized carbons (Fsp3) is 0.250. The van der Waals surface area contributed by atoms with E-state index in [4.69, 9.17) is 16.3 Å². The fourth-order valence-electron chi connectivity index (χ4n) is 1.98. The number of rotatable bonds is 5. The van der Waals surface area contributed by atoms with Crippen molar-refractivity contribution in [1.82, 2.24) is 5.32 Å². The van der Waals surface area contributed by atoms with Crippen LogP contribution in [0.3, 0.4) is 0 Å². The van der Waals surface area contributed by atoms with Crippen LogP contribution in [0.15, 0.2) is 42.5 Å². The molecule has 0 aliphatic rings. The predicted molar refractivity (Wildman–Crippen MR) is 79.7 cm³/mol. The standard InChI is InChI=1S/C16H17ClFNO/c1-11(12-5-3-7-14(9-12)20-2)19-10-13-6-4-8-15(18)16(13)17/h3-9,11,19H,10H2,1-2H3/t11-/m0/s1. The Kier molecular flexibility index (Phi) is 4.99. The SMILES string of the molecule is COc1cccc([C@H](C)NCc2cccc(F)c2Cl)c1. The molecule has 106 valence electrons. The van der Waals surface area contributed by atoms with Crippen molar-refractivity contribution in [3.05, 3.63) is 64.4 Å². The van der Waals surface area contributed by atoms with Gasteiger partial charge in [-0.3, -0.25) is 0 Å². The molecule has 2 nitrogen and oxygen atoms in total. The van der Waals surface area contributed by atoms with E-state index in [1.165, 1.54) is 6.07 Å². The summed E-state index contributed by atoms with van der Waals surface area (Å²) in [6.07, 6.45) is 0. The van der Waals surface area contributed by atoms with Crippen LogP contribution in [0.2, 0.25) is 5.02 Å². The van der Waals surface area contributed by atoms with Crippen LogP contribution in [0.4, 0.5) is 4.39 Å². The maximum absolute atomic E-state index is 13.3. The third kappa shape index (κ3) is 3.50.